The predicted molar refractivity (Wildman–Crippen MR) is 76.5 cm³/mol. The third-order valence-corrected chi connectivity index (χ3v) is 9.52. The van der Waals surface area contributed by atoms with E-state index < -0.39 is 29.7 Å². The SMILES string of the molecule is CCN[C@H]1C[C@H](C)S(=O)(=O)[C@@H]2SC(S(N)(=O)=O)=C[C@H]12. The molecule has 1 fully saturated rings. The highest BCUT2D eigenvalue weighted by atomic mass is 32.3. The third-order valence-electron chi connectivity index (χ3n) is 3.56. The lowest BCUT2D eigenvalue weighted by atomic mass is 9.96. The Labute approximate surface area is 118 Å². The quantitative estimate of drug-likeness (QED) is 0.755. The van der Waals surface area contributed by atoms with E-state index in [1.165, 1.54) is 6.08 Å². The molecule has 6 nitrogen and oxygen atoms in total. The zero-order valence-electron chi connectivity index (χ0n) is 10.7. The Morgan fingerprint density at radius 2 is 2.16 bits per heavy atom. The lowest BCUT2D eigenvalue weighted by molar-refractivity contribution is 0.380. The summed E-state index contributed by atoms with van der Waals surface area (Å²) in [7, 11) is -7.17. The van der Waals surface area contributed by atoms with Crippen LogP contribution < -0.4 is 10.5 Å². The summed E-state index contributed by atoms with van der Waals surface area (Å²) < 4.78 is 46.6. The van der Waals surface area contributed by atoms with Gasteiger partial charge in [-0.05, 0) is 19.9 Å². The lowest BCUT2D eigenvalue weighted by Gasteiger charge is -2.36. The zero-order chi connectivity index (χ0) is 14.4. The van der Waals surface area contributed by atoms with Crippen molar-refractivity contribution in [2.24, 2.45) is 11.1 Å². The number of nitrogens with one attached hydrogen (secondary N) is 1. The fourth-order valence-electron chi connectivity index (χ4n) is 2.58. The molecule has 0 spiro atoms. The first-order valence-corrected chi connectivity index (χ1v) is 10.1. The average Bonchev–Trinajstić information content (AvgIpc) is 2.72. The van der Waals surface area contributed by atoms with Crippen LogP contribution in [0.3, 0.4) is 0 Å². The Morgan fingerprint density at radius 1 is 1.53 bits per heavy atom. The summed E-state index contributed by atoms with van der Waals surface area (Å²) in [6.07, 6.45) is 1.99. The molecule has 0 aromatic rings. The van der Waals surface area contributed by atoms with Gasteiger partial charge in [0.05, 0.1) is 5.25 Å². The van der Waals surface area contributed by atoms with Gasteiger partial charge in [-0.3, -0.25) is 0 Å². The highest BCUT2D eigenvalue weighted by molar-refractivity contribution is 8.24. The second kappa shape index (κ2) is 5.03. The molecule has 0 saturated carbocycles. The molecule has 0 unspecified atom stereocenters. The van der Waals surface area contributed by atoms with E-state index in [0.29, 0.717) is 13.0 Å². The van der Waals surface area contributed by atoms with Gasteiger partial charge in [0.15, 0.2) is 9.84 Å². The van der Waals surface area contributed by atoms with E-state index in [4.69, 9.17) is 5.14 Å². The summed E-state index contributed by atoms with van der Waals surface area (Å²) in [5.74, 6) is -0.334. The molecule has 9 heteroatoms. The minimum Gasteiger partial charge on any atom is -0.314 e. The predicted octanol–water partition coefficient (Wildman–Crippen LogP) is -0.00950. The maximum atomic E-state index is 12.3. The van der Waals surface area contributed by atoms with Crippen molar-refractivity contribution in [1.29, 1.82) is 0 Å². The monoisotopic (exact) mass is 326 g/mol. The molecule has 2 rings (SSSR count). The summed E-state index contributed by atoms with van der Waals surface area (Å²) in [6, 6.07) is -0.0275. The van der Waals surface area contributed by atoms with Gasteiger partial charge in [-0.25, -0.2) is 22.0 Å². The van der Waals surface area contributed by atoms with Gasteiger partial charge >= 0.3 is 0 Å². The Morgan fingerprint density at radius 3 is 2.68 bits per heavy atom. The number of hydrogen-bond acceptors (Lipinski definition) is 6. The molecule has 2 aliphatic heterocycles. The van der Waals surface area contributed by atoms with Crippen molar-refractivity contribution in [3.63, 3.8) is 0 Å². The minimum absolute atomic E-state index is 0.0249. The molecular formula is C10H18N2O4S3. The number of sulfonamides is 1. The molecule has 2 aliphatic rings. The summed E-state index contributed by atoms with van der Waals surface area (Å²) >= 11 is 0.862. The minimum atomic E-state index is -3.83. The maximum Gasteiger partial charge on any atom is 0.243 e. The van der Waals surface area contributed by atoms with Crippen LogP contribution in [0, 0.1) is 5.92 Å². The standard InChI is InChI=1S/C10H18N2O4S3/c1-3-12-8-4-6(2)18(13,14)10-7(8)5-9(17-10)19(11,15)16/h5-8,10,12H,3-4H2,1-2H3,(H2,11,15,16)/t6-,7+,8-,10-/m0/s1. The van der Waals surface area contributed by atoms with Crippen LogP contribution in [0.2, 0.25) is 0 Å². The first-order chi connectivity index (χ1) is 8.67. The Bertz CT molecular complexity index is 596. The molecule has 0 bridgehead atoms. The molecule has 110 valence electrons. The normalized spacial score (nSPS) is 37.7. The van der Waals surface area contributed by atoms with Gasteiger partial charge in [0.1, 0.15) is 8.82 Å². The van der Waals surface area contributed by atoms with E-state index in [9.17, 15) is 16.8 Å². The first-order valence-electron chi connectivity index (χ1n) is 6.05. The molecule has 19 heavy (non-hydrogen) atoms. The van der Waals surface area contributed by atoms with Gasteiger partial charge in [0.2, 0.25) is 10.0 Å². The van der Waals surface area contributed by atoms with Crippen LogP contribution in [0.25, 0.3) is 0 Å². The van der Waals surface area contributed by atoms with Crippen molar-refractivity contribution in [2.75, 3.05) is 6.54 Å². The second-order valence-corrected chi connectivity index (χ2v) is 10.7. The van der Waals surface area contributed by atoms with Gasteiger partial charge in [-0.1, -0.05) is 24.8 Å². The molecule has 0 aromatic heterocycles. The number of rotatable bonds is 3. The van der Waals surface area contributed by atoms with Gasteiger partial charge in [0, 0.05) is 12.0 Å². The first kappa shape index (κ1) is 15.3. The van der Waals surface area contributed by atoms with E-state index in [2.05, 4.69) is 5.32 Å². The average molecular weight is 326 g/mol. The lowest BCUT2D eigenvalue weighted by Crippen LogP contribution is -2.50. The zero-order valence-corrected chi connectivity index (χ0v) is 13.2. The highest BCUT2D eigenvalue weighted by Crippen LogP contribution is 2.47. The van der Waals surface area contributed by atoms with E-state index >= 15 is 0 Å². The topological polar surface area (TPSA) is 106 Å². The number of thioether (sulfide) groups is 1. The van der Waals surface area contributed by atoms with Crippen molar-refractivity contribution in [2.45, 2.75) is 36.1 Å². The van der Waals surface area contributed by atoms with Crippen LogP contribution in [0.5, 0.6) is 0 Å². The molecule has 3 N–H and O–H groups in total. The van der Waals surface area contributed by atoms with Crippen LogP contribution in [0.4, 0.5) is 0 Å². The molecule has 4 atom stereocenters. The van der Waals surface area contributed by atoms with Gasteiger partial charge in [-0.2, -0.15) is 0 Å². The molecule has 2 heterocycles. The summed E-state index contributed by atoms with van der Waals surface area (Å²) in [4.78, 5) is 0. The van der Waals surface area contributed by atoms with Gasteiger partial charge in [-0.15, -0.1) is 0 Å². The number of sulfone groups is 1. The van der Waals surface area contributed by atoms with Crippen LogP contribution in [0.15, 0.2) is 10.3 Å². The van der Waals surface area contributed by atoms with E-state index in [1.54, 1.807) is 6.92 Å². The van der Waals surface area contributed by atoms with Crippen molar-refractivity contribution < 1.29 is 16.8 Å². The fraction of sp³-hybridized carbons (Fsp3) is 0.800. The fourth-order valence-corrected chi connectivity index (χ4v) is 7.90. The molecule has 0 amide bonds. The number of hydrogen-bond donors (Lipinski definition) is 2. The highest BCUT2D eigenvalue weighted by Gasteiger charge is 2.50. The second-order valence-electron chi connectivity index (χ2n) is 4.89. The van der Waals surface area contributed by atoms with Crippen molar-refractivity contribution in [3.8, 4) is 0 Å². The Balaban J connectivity index is 2.40. The van der Waals surface area contributed by atoms with E-state index in [-0.39, 0.29) is 16.2 Å². The van der Waals surface area contributed by atoms with Crippen LogP contribution in [-0.4, -0.2) is 39.3 Å². The van der Waals surface area contributed by atoms with Crippen molar-refractivity contribution in [1.82, 2.24) is 5.32 Å². The van der Waals surface area contributed by atoms with Crippen molar-refractivity contribution in [3.05, 3.63) is 10.3 Å². The van der Waals surface area contributed by atoms with Gasteiger partial charge < -0.3 is 5.32 Å². The summed E-state index contributed by atoms with van der Waals surface area (Å²) in [6.45, 7) is 4.32. The van der Waals surface area contributed by atoms with Crippen LogP contribution >= 0.6 is 11.8 Å². The molecule has 1 saturated heterocycles. The van der Waals surface area contributed by atoms with Gasteiger partial charge in [0.25, 0.3) is 0 Å². The van der Waals surface area contributed by atoms with E-state index in [1.807, 2.05) is 6.92 Å². The van der Waals surface area contributed by atoms with Crippen LogP contribution in [0.1, 0.15) is 20.3 Å². The van der Waals surface area contributed by atoms with Crippen LogP contribution in [-0.2, 0) is 19.9 Å². The molecule has 0 radical (unpaired) electrons. The molecule has 0 aromatic carbocycles. The Hall–Kier alpha value is -0.0900. The third kappa shape index (κ3) is 2.71. The number of primary sulfonamides is 1. The van der Waals surface area contributed by atoms with Crippen molar-refractivity contribution >= 4 is 31.6 Å². The smallest absolute Gasteiger partial charge is 0.243 e. The number of nitrogens with two attached hydrogens (primary N) is 1. The number of fused-ring (bicyclic) bond motifs is 1. The molecular weight excluding hydrogens is 308 g/mol. The van der Waals surface area contributed by atoms with E-state index in [0.717, 1.165) is 11.8 Å². The summed E-state index contributed by atoms with van der Waals surface area (Å²) in [5, 5.41) is 7.87. The molecule has 0 aliphatic carbocycles. The maximum absolute atomic E-state index is 12.3. The Kier molecular flexibility index (Phi) is 4.05. The summed E-state index contributed by atoms with van der Waals surface area (Å²) in [5.41, 5.74) is 0. The largest absolute Gasteiger partial charge is 0.314 e.